The molecule has 0 radical (unpaired) electrons. The van der Waals surface area contributed by atoms with Crippen molar-refractivity contribution in [2.45, 2.75) is 20.0 Å². The van der Waals surface area contributed by atoms with Gasteiger partial charge in [0.05, 0.1) is 12.6 Å². The lowest BCUT2D eigenvalue weighted by Gasteiger charge is -2.12. The van der Waals surface area contributed by atoms with Crippen LogP contribution in [0.5, 0.6) is 17.2 Å². The van der Waals surface area contributed by atoms with E-state index in [1.54, 1.807) is 0 Å². The Balaban J connectivity index is 1.40. The number of para-hydroxylation sites is 1. The number of carbonyl (C=O) groups is 1. The molecular weight excluding hydrogens is 392 g/mol. The molecule has 3 rings (SSSR count). The van der Waals surface area contributed by atoms with Gasteiger partial charge >= 0.3 is 0 Å². The van der Waals surface area contributed by atoms with Crippen molar-refractivity contribution >= 4 is 17.3 Å². The van der Waals surface area contributed by atoms with Gasteiger partial charge in [-0.15, -0.1) is 0 Å². The van der Waals surface area contributed by atoms with Crippen LogP contribution in [0.25, 0.3) is 0 Å². The second kappa shape index (κ2) is 11.5. The van der Waals surface area contributed by atoms with Gasteiger partial charge in [-0.3, -0.25) is 4.79 Å². The summed E-state index contributed by atoms with van der Waals surface area (Å²) in [5.74, 6) is 2.16. The number of rotatable bonds is 11. The third-order valence-electron chi connectivity index (χ3n) is 4.16. The summed E-state index contributed by atoms with van der Waals surface area (Å²) in [4.78, 5) is 12.2. The molecule has 162 valence electrons. The predicted octanol–water partition coefficient (Wildman–Crippen LogP) is 4.98. The van der Waals surface area contributed by atoms with Crippen LogP contribution in [0.15, 0.2) is 78.9 Å². The van der Waals surface area contributed by atoms with Gasteiger partial charge in [-0.25, -0.2) is 0 Å². The van der Waals surface area contributed by atoms with Gasteiger partial charge in [-0.2, -0.15) is 0 Å². The first-order chi connectivity index (χ1) is 15.1. The number of anilines is 2. The molecule has 0 bridgehead atoms. The van der Waals surface area contributed by atoms with E-state index in [4.69, 9.17) is 14.2 Å². The lowest BCUT2D eigenvalue weighted by Crippen LogP contribution is -2.21. The Morgan fingerprint density at radius 1 is 0.774 bits per heavy atom. The van der Waals surface area contributed by atoms with Gasteiger partial charge in [0.25, 0.3) is 0 Å². The molecule has 0 atom stereocenters. The van der Waals surface area contributed by atoms with Crippen molar-refractivity contribution in [1.29, 1.82) is 0 Å². The second-order valence-corrected chi connectivity index (χ2v) is 7.13. The molecule has 0 aliphatic rings. The highest BCUT2D eigenvalue weighted by Gasteiger charge is 2.05. The van der Waals surface area contributed by atoms with Gasteiger partial charge in [-0.05, 0) is 62.4 Å². The summed E-state index contributed by atoms with van der Waals surface area (Å²) in [6.07, 6.45) is 0.112. The van der Waals surface area contributed by atoms with Crippen LogP contribution < -0.4 is 24.8 Å². The quantitative estimate of drug-likeness (QED) is 0.428. The van der Waals surface area contributed by atoms with E-state index in [0.717, 1.165) is 22.9 Å². The van der Waals surface area contributed by atoms with Crippen molar-refractivity contribution in [2.75, 3.05) is 30.4 Å². The highest BCUT2D eigenvalue weighted by atomic mass is 16.5. The monoisotopic (exact) mass is 420 g/mol. The van der Waals surface area contributed by atoms with Crippen LogP contribution in [0, 0.1) is 0 Å². The van der Waals surface area contributed by atoms with Crippen LogP contribution >= 0.6 is 0 Å². The Bertz CT molecular complexity index is 943. The summed E-state index contributed by atoms with van der Waals surface area (Å²) in [6, 6.07) is 24.4. The molecule has 3 aromatic carbocycles. The zero-order valence-corrected chi connectivity index (χ0v) is 17.8. The minimum atomic E-state index is -0.139. The molecule has 0 spiro atoms. The molecule has 0 aromatic heterocycles. The Labute approximate surface area is 183 Å². The maximum absolute atomic E-state index is 12.2. The van der Waals surface area contributed by atoms with E-state index < -0.39 is 0 Å². The molecule has 1 amide bonds. The van der Waals surface area contributed by atoms with Crippen molar-refractivity contribution in [3.63, 3.8) is 0 Å². The summed E-state index contributed by atoms with van der Waals surface area (Å²) >= 11 is 0. The summed E-state index contributed by atoms with van der Waals surface area (Å²) in [5.41, 5.74) is 1.52. The van der Waals surface area contributed by atoms with Crippen LogP contribution in [0.3, 0.4) is 0 Å². The predicted molar refractivity (Wildman–Crippen MR) is 123 cm³/mol. The van der Waals surface area contributed by atoms with Crippen LogP contribution in [0.4, 0.5) is 11.4 Å². The average molecular weight is 421 g/mol. The number of hydrogen-bond donors (Lipinski definition) is 2. The molecule has 6 heteroatoms. The van der Waals surface area contributed by atoms with E-state index in [1.165, 1.54) is 0 Å². The summed E-state index contributed by atoms with van der Waals surface area (Å²) in [7, 11) is 0. The number of amides is 1. The van der Waals surface area contributed by atoms with E-state index in [0.29, 0.717) is 19.0 Å². The zero-order valence-electron chi connectivity index (χ0n) is 17.8. The Morgan fingerprint density at radius 2 is 1.45 bits per heavy atom. The van der Waals surface area contributed by atoms with Crippen LogP contribution in [-0.2, 0) is 4.79 Å². The lowest BCUT2D eigenvalue weighted by molar-refractivity contribution is -0.114. The van der Waals surface area contributed by atoms with E-state index >= 15 is 0 Å². The fourth-order valence-electron chi connectivity index (χ4n) is 2.81. The maximum Gasteiger partial charge on any atom is 0.243 e. The van der Waals surface area contributed by atoms with E-state index in [1.807, 2.05) is 92.7 Å². The third-order valence-corrected chi connectivity index (χ3v) is 4.16. The Kier molecular flexibility index (Phi) is 8.17. The van der Waals surface area contributed by atoms with E-state index in [-0.39, 0.29) is 18.6 Å². The fourth-order valence-corrected chi connectivity index (χ4v) is 2.81. The normalized spacial score (nSPS) is 10.4. The van der Waals surface area contributed by atoms with Crippen molar-refractivity contribution in [3.8, 4) is 17.2 Å². The molecule has 0 unspecified atom stereocenters. The van der Waals surface area contributed by atoms with Gasteiger partial charge in [0.1, 0.15) is 30.5 Å². The van der Waals surface area contributed by atoms with Crippen molar-refractivity contribution in [3.05, 3.63) is 78.9 Å². The summed E-state index contributed by atoms with van der Waals surface area (Å²) < 4.78 is 17.0. The van der Waals surface area contributed by atoms with Gasteiger partial charge < -0.3 is 24.8 Å². The maximum atomic E-state index is 12.2. The zero-order chi connectivity index (χ0) is 21.9. The first-order valence-electron chi connectivity index (χ1n) is 10.3. The van der Waals surface area contributed by atoms with E-state index in [9.17, 15) is 4.79 Å². The summed E-state index contributed by atoms with van der Waals surface area (Å²) in [5, 5.41) is 5.97. The molecule has 0 aliphatic carbocycles. The Hall–Kier alpha value is -3.67. The highest BCUT2D eigenvalue weighted by Crippen LogP contribution is 2.19. The number of nitrogens with one attached hydrogen (secondary N) is 2. The van der Waals surface area contributed by atoms with Crippen molar-refractivity contribution < 1.29 is 19.0 Å². The largest absolute Gasteiger partial charge is 0.491 e. The van der Waals surface area contributed by atoms with Gasteiger partial charge in [-0.1, -0.05) is 24.3 Å². The third kappa shape index (κ3) is 7.93. The van der Waals surface area contributed by atoms with Crippen molar-refractivity contribution in [1.82, 2.24) is 0 Å². The number of carbonyl (C=O) groups excluding carboxylic acids is 1. The number of benzene rings is 3. The molecule has 0 heterocycles. The molecule has 0 saturated carbocycles. The average Bonchev–Trinajstić information content (AvgIpc) is 2.77. The molecule has 2 N–H and O–H groups in total. The van der Waals surface area contributed by atoms with Gasteiger partial charge in [0, 0.05) is 17.4 Å². The fraction of sp³-hybridized carbons (Fsp3) is 0.240. The standard InChI is InChI=1S/C25H28N2O4/c1-19(2)31-23-13-11-20(12-14-23)27-25(28)18-26-21-7-6-10-24(17-21)30-16-15-29-22-8-4-3-5-9-22/h3-14,17,19,26H,15-16,18H2,1-2H3,(H,27,28). The highest BCUT2D eigenvalue weighted by molar-refractivity contribution is 5.93. The molecule has 0 aliphatic heterocycles. The minimum Gasteiger partial charge on any atom is -0.491 e. The minimum absolute atomic E-state index is 0.112. The first kappa shape index (κ1) is 22.0. The van der Waals surface area contributed by atoms with Gasteiger partial charge in [0.2, 0.25) is 5.91 Å². The van der Waals surface area contributed by atoms with Crippen LogP contribution in [-0.4, -0.2) is 31.8 Å². The van der Waals surface area contributed by atoms with E-state index in [2.05, 4.69) is 10.6 Å². The number of ether oxygens (including phenoxy) is 3. The van der Waals surface area contributed by atoms with Crippen molar-refractivity contribution in [2.24, 2.45) is 0 Å². The topological polar surface area (TPSA) is 68.8 Å². The molecule has 31 heavy (non-hydrogen) atoms. The first-order valence-corrected chi connectivity index (χ1v) is 10.3. The molecular formula is C25H28N2O4. The van der Waals surface area contributed by atoms with Gasteiger partial charge in [0.15, 0.2) is 0 Å². The number of hydrogen-bond acceptors (Lipinski definition) is 5. The smallest absolute Gasteiger partial charge is 0.243 e. The Morgan fingerprint density at radius 3 is 2.16 bits per heavy atom. The molecule has 0 saturated heterocycles. The summed E-state index contributed by atoms with van der Waals surface area (Å²) in [6.45, 7) is 4.96. The van der Waals surface area contributed by atoms with Crippen LogP contribution in [0.1, 0.15) is 13.8 Å². The second-order valence-electron chi connectivity index (χ2n) is 7.13. The molecule has 6 nitrogen and oxygen atoms in total. The lowest BCUT2D eigenvalue weighted by atomic mass is 10.3. The molecule has 0 fully saturated rings. The molecule has 3 aromatic rings. The van der Waals surface area contributed by atoms with Crippen LogP contribution in [0.2, 0.25) is 0 Å². The SMILES string of the molecule is CC(C)Oc1ccc(NC(=O)CNc2cccc(OCCOc3ccccc3)c2)cc1.